The first kappa shape index (κ1) is 11.5. The van der Waals surface area contributed by atoms with Gasteiger partial charge < -0.3 is 10.5 Å². The summed E-state index contributed by atoms with van der Waals surface area (Å²) in [6.45, 7) is 3.78. The molecule has 0 fully saturated rings. The Kier molecular flexibility index (Phi) is 3.05. The molecular formula is C9H11N5O2S. The predicted molar refractivity (Wildman–Crippen MR) is 62.1 cm³/mol. The summed E-state index contributed by atoms with van der Waals surface area (Å²) < 4.78 is 10.3. The van der Waals surface area contributed by atoms with Crippen LogP contribution in [0.1, 0.15) is 23.2 Å². The van der Waals surface area contributed by atoms with E-state index in [4.69, 9.17) is 10.5 Å². The topological polar surface area (TPSA) is 95.9 Å². The van der Waals surface area contributed by atoms with Crippen molar-refractivity contribution in [2.45, 2.75) is 13.8 Å². The SMILES string of the molecule is CCOC(=O)c1nn(-c2nc(C)ns2)cc1N. The van der Waals surface area contributed by atoms with E-state index in [9.17, 15) is 4.79 Å². The van der Waals surface area contributed by atoms with Gasteiger partial charge in [-0.15, -0.1) is 0 Å². The summed E-state index contributed by atoms with van der Waals surface area (Å²) in [5, 5.41) is 4.60. The third kappa shape index (κ3) is 2.26. The van der Waals surface area contributed by atoms with Gasteiger partial charge in [-0.05, 0) is 13.8 Å². The maximum Gasteiger partial charge on any atom is 0.361 e. The molecule has 2 N–H and O–H groups in total. The number of ether oxygens (including phenoxy) is 1. The number of aromatic nitrogens is 4. The van der Waals surface area contributed by atoms with Gasteiger partial charge >= 0.3 is 5.97 Å². The third-order valence-electron chi connectivity index (χ3n) is 1.92. The van der Waals surface area contributed by atoms with Crippen LogP contribution in [0.3, 0.4) is 0 Å². The summed E-state index contributed by atoms with van der Waals surface area (Å²) in [5.41, 5.74) is 6.05. The first-order valence-electron chi connectivity index (χ1n) is 4.94. The molecule has 2 heterocycles. The minimum atomic E-state index is -0.537. The number of carbonyl (C=O) groups excluding carboxylic acids is 1. The molecule has 0 aliphatic carbocycles. The Hall–Kier alpha value is -1.96. The molecule has 0 aromatic carbocycles. The number of hydrogen-bond acceptors (Lipinski definition) is 7. The molecule has 0 atom stereocenters. The van der Waals surface area contributed by atoms with Gasteiger partial charge in [-0.2, -0.15) is 9.47 Å². The second-order valence-corrected chi connectivity index (χ2v) is 3.95. The van der Waals surface area contributed by atoms with E-state index in [2.05, 4.69) is 14.5 Å². The van der Waals surface area contributed by atoms with Gasteiger partial charge in [-0.1, -0.05) is 0 Å². The number of anilines is 1. The second kappa shape index (κ2) is 4.50. The molecule has 8 heteroatoms. The minimum Gasteiger partial charge on any atom is -0.461 e. The summed E-state index contributed by atoms with van der Waals surface area (Å²) in [7, 11) is 0. The van der Waals surface area contributed by atoms with Crippen LogP contribution in [-0.2, 0) is 4.74 Å². The predicted octanol–water partition coefficient (Wildman–Crippen LogP) is 0.791. The van der Waals surface area contributed by atoms with Crippen LogP contribution in [0.2, 0.25) is 0 Å². The normalized spacial score (nSPS) is 10.5. The zero-order valence-electron chi connectivity index (χ0n) is 9.38. The van der Waals surface area contributed by atoms with Crippen LogP contribution in [0.15, 0.2) is 6.20 Å². The lowest BCUT2D eigenvalue weighted by Gasteiger charge is -1.97. The molecule has 7 nitrogen and oxygen atoms in total. The average Bonchev–Trinajstić information content (AvgIpc) is 2.85. The van der Waals surface area contributed by atoms with Crippen molar-refractivity contribution >= 4 is 23.2 Å². The largest absolute Gasteiger partial charge is 0.461 e. The van der Waals surface area contributed by atoms with Crippen LogP contribution >= 0.6 is 11.5 Å². The first-order chi connectivity index (χ1) is 8.11. The first-order valence-corrected chi connectivity index (χ1v) is 5.72. The van der Waals surface area contributed by atoms with E-state index in [0.717, 1.165) is 0 Å². The molecule has 0 spiro atoms. The highest BCUT2D eigenvalue weighted by Crippen LogP contribution is 2.16. The van der Waals surface area contributed by atoms with Crippen molar-refractivity contribution in [3.05, 3.63) is 17.7 Å². The lowest BCUT2D eigenvalue weighted by molar-refractivity contribution is 0.0520. The quantitative estimate of drug-likeness (QED) is 0.812. The summed E-state index contributed by atoms with van der Waals surface area (Å²) in [4.78, 5) is 15.6. The number of esters is 1. The Bertz CT molecular complexity index is 547. The molecule has 0 radical (unpaired) electrons. The molecule has 2 aromatic rings. The van der Waals surface area contributed by atoms with Gasteiger partial charge in [0.15, 0.2) is 5.69 Å². The molecule has 0 saturated carbocycles. The fraction of sp³-hybridized carbons (Fsp3) is 0.333. The van der Waals surface area contributed by atoms with Crippen LogP contribution in [0.25, 0.3) is 5.13 Å². The molecule has 0 saturated heterocycles. The molecule has 0 bridgehead atoms. The van der Waals surface area contributed by atoms with E-state index >= 15 is 0 Å². The lowest BCUT2D eigenvalue weighted by Crippen LogP contribution is -2.08. The fourth-order valence-corrected chi connectivity index (χ4v) is 1.83. The van der Waals surface area contributed by atoms with Crippen molar-refractivity contribution in [1.29, 1.82) is 0 Å². The van der Waals surface area contributed by atoms with Gasteiger partial charge in [0.2, 0.25) is 5.13 Å². The molecule has 0 aliphatic heterocycles. The van der Waals surface area contributed by atoms with Crippen molar-refractivity contribution in [1.82, 2.24) is 19.1 Å². The van der Waals surface area contributed by atoms with Crippen molar-refractivity contribution in [2.75, 3.05) is 12.3 Å². The molecule has 0 unspecified atom stereocenters. The zero-order chi connectivity index (χ0) is 12.4. The minimum absolute atomic E-state index is 0.0969. The Labute approximate surface area is 101 Å². The Morgan fingerprint density at radius 1 is 1.65 bits per heavy atom. The van der Waals surface area contributed by atoms with E-state index in [1.54, 1.807) is 13.8 Å². The fourth-order valence-electron chi connectivity index (χ4n) is 1.22. The Morgan fingerprint density at radius 3 is 3.00 bits per heavy atom. The number of hydrogen-bond donors (Lipinski definition) is 1. The Morgan fingerprint density at radius 2 is 2.41 bits per heavy atom. The molecule has 0 aliphatic rings. The second-order valence-electron chi connectivity index (χ2n) is 3.22. The van der Waals surface area contributed by atoms with Gasteiger partial charge in [0.25, 0.3) is 0 Å². The molecule has 0 amide bonds. The van der Waals surface area contributed by atoms with Gasteiger partial charge in [0, 0.05) is 11.5 Å². The van der Waals surface area contributed by atoms with Crippen LogP contribution < -0.4 is 5.73 Å². The number of carbonyl (C=O) groups is 1. The highest BCUT2D eigenvalue weighted by Gasteiger charge is 2.17. The van der Waals surface area contributed by atoms with Crippen LogP contribution in [0.5, 0.6) is 0 Å². The van der Waals surface area contributed by atoms with Crippen molar-refractivity contribution in [2.24, 2.45) is 0 Å². The summed E-state index contributed by atoms with van der Waals surface area (Å²) >= 11 is 1.18. The smallest absolute Gasteiger partial charge is 0.361 e. The molecule has 2 aromatic heterocycles. The number of nitrogen functional groups attached to an aromatic ring is 1. The summed E-state index contributed by atoms with van der Waals surface area (Å²) in [6, 6.07) is 0. The highest BCUT2D eigenvalue weighted by atomic mass is 32.1. The van der Waals surface area contributed by atoms with E-state index in [0.29, 0.717) is 11.0 Å². The third-order valence-corrected chi connectivity index (χ3v) is 2.72. The van der Waals surface area contributed by atoms with Gasteiger partial charge in [0.1, 0.15) is 5.82 Å². The van der Waals surface area contributed by atoms with E-state index in [1.807, 2.05) is 0 Å². The lowest BCUT2D eigenvalue weighted by atomic mass is 10.4. The number of nitrogens with zero attached hydrogens (tertiary/aromatic N) is 4. The Balaban J connectivity index is 2.33. The van der Waals surface area contributed by atoms with Gasteiger partial charge in [-0.25, -0.2) is 14.5 Å². The highest BCUT2D eigenvalue weighted by molar-refractivity contribution is 7.08. The number of aryl methyl sites for hydroxylation is 1. The molecule has 2 rings (SSSR count). The monoisotopic (exact) mass is 253 g/mol. The molecule has 90 valence electrons. The van der Waals surface area contributed by atoms with E-state index in [-0.39, 0.29) is 18.0 Å². The van der Waals surface area contributed by atoms with Crippen LogP contribution in [0, 0.1) is 6.92 Å². The standard InChI is InChI=1S/C9H11N5O2S/c1-3-16-8(15)7-6(10)4-14(12-7)9-11-5(2)13-17-9/h4H,3,10H2,1-2H3. The zero-order valence-corrected chi connectivity index (χ0v) is 10.2. The van der Waals surface area contributed by atoms with Crippen molar-refractivity contribution < 1.29 is 9.53 Å². The van der Waals surface area contributed by atoms with Crippen molar-refractivity contribution in [3.63, 3.8) is 0 Å². The van der Waals surface area contributed by atoms with Gasteiger partial charge in [0.05, 0.1) is 18.5 Å². The maximum atomic E-state index is 11.5. The average molecular weight is 253 g/mol. The van der Waals surface area contributed by atoms with Crippen LogP contribution in [-0.4, -0.2) is 31.7 Å². The van der Waals surface area contributed by atoms with Crippen LogP contribution in [0.4, 0.5) is 5.69 Å². The summed E-state index contributed by atoms with van der Waals surface area (Å²) in [5.74, 6) is 0.113. The number of nitrogens with two attached hydrogens (primary N) is 1. The molecule has 17 heavy (non-hydrogen) atoms. The number of rotatable bonds is 3. The van der Waals surface area contributed by atoms with Crippen molar-refractivity contribution in [3.8, 4) is 5.13 Å². The molecular weight excluding hydrogens is 242 g/mol. The summed E-state index contributed by atoms with van der Waals surface area (Å²) in [6.07, 6.45) is 1.52. The maximum absolute atomic E-state index is 11.5. The van der Waals surface area contributed by atoms with Gasteiger partial charge in [-0.3, -0.25) is 0 Å². The van der Waals surface area contributed by atoms with E-state index in [1.165, 1.54) is 22.4 Å². The van der Waals surface area contributed by atoms with E-state index < -0.39 is 5.97 Å².